The quantitative estimate of drug-likeness (QED) is 0.513. The highest BCUT2D eigenvalue weighted by Gasteiger charge is 2.20. The highest BCUT2D eigenvalue weighted by molar-refractivity contribution is 6.22. The lowest BCUT2D eigenvalue weighted by Crippen LogP contribution is -2.33. The Bertz CT molecular complexity index is 428. The average molecular weight is 261 g/mol. The van der Waals surface area contributed by atoms with E-state index in [9.17, 15) is 19.3 Å². The second kappa shape index (κ2) is 5.09. The van der Waals surface area contributed by atoms with Gasteiger partial charge in [0.1, 0.15) is 0 Å². The third-order valence-corrected chi connectivity index (χ3v) is 2.03. The van der Waals surface area contributed by atoms with Gasteiger partial charge in [-0.1, -0.05) is 11.6 Å². The van der Waals surface area contributed by atoms with Gasteiger partial charge in [0.15, 0.2) is 5.13 Å². The molecule has 0 saturated heterocycles. The summed E-state index contributed by atoms with van der Waals surface area (Å²) in [7, 11) is 0. The molecule has 1 atom stereocenters. The van der Waals surface area contributed by atoms with Gasteiger partial charge in [0.05, 0.1) is 11.5 Å². The molecule has 0 bridgehead atoms. The minimum Gasteiger partial charge on any atom is -0.348 e. The first kappa shape index (κ1) is 13.4. The Morgan fingerprint density at radius 1 is 1.53 bits per heavy atom. The monoisotopic (exact) mass is 260 g/mol. The van der Waals surface area contributed by atoms with Crippen molar-refractivity contribution in [1.82, 2.24) is 5.32 Å². The van der Waals surface area contributed by atoms with E-state index in [4.69, 9.17) is 11.6 Å². The van der Waals surface area contributed by atoms with Crippen LogP contribution in [0.1, 0.15) is 17.3 Å². The van der Waals surface area contributed by atoms with Gasteiger partial charge in [0.2, 0.25) is 0 Å². The van der Waals surface area contributed by atoms with Crippen molar-refractivity contribution in [3.05, 3.63) is 39.9 Å². The fraction of sp³-hybridized carbons (Fsp3) is 0.300. The molecule has 1 rings (SSSR count). The Kier molecular flexibility index (Phi) is 4.01. The van der Waals surface area contributed by atoms with Crippen LogP contribution in [-0.2, 0) is 0 Å². The second-order valence-electron chi connectivity index (χ2n) is 3.56. The molecule has 0 spiro atoms. The highest BCUT2D eigenvalue weighted by Crippen LogP contribution is 2.15. The molecule has 0 saturated carbocycles. The van der Waals surface area contributed by atoms with Gasteiger partial charge in [-0.05, 0) is 19.1 Å². The van der Waals surface area contributed by atoms with E-state index in [-0.39, 0.29) is 17.8 Å². The Hall–Kier alpha value is -1.69. The van der Waals surface area contributed by atoms with Crippen molar-refractivity contribution in [2.45, 2.75) is 12.1 Å². The number of carbonyl (C=O) groups is 1. The number of carbonyl (C=O) groups excluding carboxylic acids is 1. The first-order chi connectivity index (χ1) is 7.79. The fourth-order valence-electron chi connectivity index (χ4n) is 1.07. The first-order valence-electron chi connectivity index (χ1n) is 4.70. The lowest BCUT2D eigenvalue weighted by atomic mass is 10.2. The van der Waals surface area contributed by atoms with Crippen LogP contribution in [0.4, 0.5) is 10.1 Å². The van der Waals surface area contributed by atoms with E-state index in [1.165, 1.54) is 24.3 Å². The van der Waals surface area contributed by atoms with Gasteiger partial charge < -0.3 is 5.32 Å². The predicted octanol–water partition coefficient (Wildman–Crippen LogP) is 2.25. The zero-order valence-corrected chi connectivity index (χ0v) is 9.70. The topological polar surface area (TPSA) is 72.2 Å². The van der Waals surface area contributed by atoms with E-state index in [0.29, 0.717) is 0 Å². The summed E-state index contributed by atoms with van der Waals surface area (Å²) < 4.78 is 12.9. The number of nitro benzene ring substituents is 1. The van der Waals surface area contributed by atoms with Gasteiger partial charge in [-0.2, -0.15) is 0 Å². The summed E-state index contributed by atoms with van der Waals surface area (Å²) in [6.45, 7) is 0.773. The summed E-state index contributed by atoms with van der Waals surface area (Å²) in [5, 5.41) is 10.6. The molecule has 92 valence electrons. The zero-order valence-electron chi connectivity index (χ0n) is 8.94. The van der Waals surface area contributed by atoms with E-state index in [1.54, 1.807) is 0 Å². The first-order valence-corrected chi connectivity index (χ1v) is 5.08. The Labute approximate surface area is 102 Å². The molecule has 0 heterocycles. The normalized spacial score (nSPS) is 13.8. The molecule has 7 heteroatoms. The second-order valence-corrected chi connectivity index (χ2v) is 4.34. The Morgan fingerprint density at radius 3 is 2.47 bits per heavy atom. The maximum atomic E-state index is 12.9. The SMILES string of the molecule is CC(F)(Cl)CNC(=O)c1ccc([N+](=O)[O-])cc1. The van der Waals surface area contributed by atoms with Crippen molar-refractivity contribution < 1.29 is 14.1 Å². The van der Waals surface area contributed by atoms with E-state index in [0.717, 1.165) is 6.92 Å². The van der Waals surface area contributed by atoms with Gasteiger partial charge in [-0.15, -0.1) is 0 Å². The zero-order chi connectivity index (χ0) is 13.1. The number of nitro groups is 1. The van der Waals surface area contributed by atoms with Gasteiger partial charge in [0, 0.05) is 17.7 Å². The number of hydrogen-bond acceptors (Lipinski definition) is 3. The third-order valence-electron chi connectivity index (χ3n) is 1.90. The van der Waals surface area contributed by atoms with Crippen LogP contribution in [0.3, 0.4) is 0 Å². The largest absolute Gasteiger partial charge is 0.348 e. The molecular formula is C10H10ClFN2O3. The van der Waals surface area contributed by atoms with Crippen molar-refractivity contribution in [2.75, 3.05) is 6.54 Å². The molecule has 17 heavy (non-hydrogen) atoms. The van der Waals surface area contributed by atoms with Gasteiger partial charge >= 0.3 is 0 Å². The van der Waals surface area contributed by atoms with Crippen molar-refractivity contribution >= 4 is 23.2 Å². The lowest BCUT2D eigenvalue weighted by molar-refractivity contribution is -0.384. The average Bonchev–Trinajstić information content (AvgIpc) is 2.25. The van der Waals surface area contributed by atoms with Gasteiger partial charge in [0.25, 0.3) is 11.6 Å². The van der Waals surface area contributed by atoms with Crippen LogP contribution in [0.15, 0.2) is 24.3 Å². The fourth-order valence-corrected chi connectivity index (χ4v) is 1.14. The van der Waals surface area contributed by atoms with E-state index in [1.807, 2.05) is 0 Å². The van der Waals surface area contributed by atoms with Crippen LogP contribution in [0, 0.1) is 10.1 Å². The van der Waals surface area contributed by atoms with E-state index < -0.39 is 16.0 Å². The number of alkyl halides is 2. The molecule has 0 fully saturated rings. The summed E-state index contributed by atoms with van der Waals surface area (Å²) in [5.41, 5.74) is 0.0886. The summed E-state index contributed by atoms with van der Waals surface area (Å²) in [5.74, 6) is -0.538. The number of amides is 1. The van der Waals surface area contributed by atoms with E-state index >= 15 is 0 Å². The molecule has 0 aliphatic carbocycles. The number of hydrogen-bond donors (Lipinski definition) is 1. The molecule has 1 aromatic rings. The molecular weight excluding hydrogens is 251 g/mol. The number of rotatable bonds is 4. The molecule has 1 aromatic carbocycles. The van der Waals surface area contributed by atoms with Crippen molar-refractivity contribution in [1.29, 1.82) is 0 Å². The van der Waals surface area contributed by atoms with Crippen LogP contribution in [0.25, 0.3) is 0 Å². The minimum atomic E-state index is -2.02. The Morgan fingerprint density at radius 2 is 2.06 bits per heavy atom. The number of nitrogens with one attached hydrogen (secondary N) is 1. The third kappa shape index (κ3) is 4.36. The minimum absolute atomic E-state index is 0.116. The molecule has 1 N–H and O–H groups in total. The lowest BCUT2D eigenvalue weighted by Gasteiger charge is -2.12. The number of benzene rings is 1. The Balaban J connectivity index is 2.67. The molecule has 0 aliphatic heterocycles. The summed E-state index contributed by atoms with van der Waals surface area (Å²) in [6, 6.07) is 4.98. The van der Waals surface area contributed by atoms with Crippen LogP contribution >= 0.6 is 11.6 Å². The summed E-state index contributed by atoms with van der Waals surface area (Å²) in [4.78, 5) is 21.3. The molecule has 1 unspecified atom stereocenters. The van der Waals surface area contributed by atoms with Crippen LogP contribution in [-0.4, -0.2) is 22.5 Å². The van der Waals surface area contributed by atoms with Crippen LogP contribution < -0.4 is 5.32 Å². The van der Waals surface area contributed by atoms with Crippen molar-refractivity contribution in [2.24, 2.45) is 0 Å². The van der Waals surface area contributed by atoms with Gasteiger partial charge in [-0.25, -0.2) is 4.39 Å². The maximum absolute atomic E-state index is 12.9. The van der Waals surface area contributed by atoms with E-state index in [2.05, 4.69) is 5.32 Å². The van der Waals surface area contributed by atoms with Crippen molar-refractivity contribution in [3.8, 4) is 0 Å². The number of non-ortho nitro benzene ring substituents is 1. The smallest absolute Gasteiger partial charge is 0.269 e. The molecule has 0 aliphatic rings. The van der Waals surface area contributed by atoms with Gasteiger partial charge in [-0.3, -0.25) is 14.9 Å². The van der Waals surface area contributed by atoms with Crippen molar-refractivity contribution in [3.63, 3.8) is 0 Å². The standard InChI is InChI=1S/C10H10ClFN2O3/c1-10(11,12)6-13-9(15)7-2-4-8(5-3-7)14(16)17/h2-5H,6H2,1H3,(H,13,15). The summed E-state index contributed by atoms with van der Waals surface area (Å²) >= 11 is 5.26. The highest BCUT2D eigenvalue weighted by atomic mass is 35.5. The molecule has 1 amide bonds. The summed E-state index contributed by atoms with van der Waals surface area (Å²) in [6.07, 6.45) is 0. The number of nitrogens with zero attached hydrogens (tertiary/aromatic N) is 1. The predicted molar refractivity (Wildman–Crippen MR) is 60.8 cm³/mol. The molecule has 5 nitrogen and oxygen atoms in total. The number of halogens is 2. The molecule has 0 radical (unpaired) electrons. The van der Waals surface area contributed by atoms with Crippen LogP contribution in [0.5, 0.6) is 0 Å². The maximum Gasteiger partial charge on any atom is 0.269 e. The van der Waals surface area contributed by atoms with Crippen LogP contribution in [0.2, 0.25) is 0 Å². The molecule has 0 aromatic heterocycles.